The number of nitrogens with one attached hydrogen (secondary N) is 1. The van der Waals surface area contributed by atoms with Crippen molar-refractivity contribution in [2.45, 2.75) is 19.5 Å². The fourth-order valence-electron chi connectivity index (χ4n) is 1.41. The van der Waals surface area contributed by atoms with Crippen LogP contribution in [0, 0.1) is 5.82 Å². The molecule has 1 heterocycles. The molecule has 1 atom stereocenters. The number of aromatic nitrogens is 1. The molecule has 84 valence electrons. The Morgan fingerprint density at radius 3 is 2.75 bits per heavy atom. The normalized spacial score (nSPS) is 12.6. The van der Waals surface area contributed by atoms with E-state index in [1.807, 2.05) is 10.9 Å². The van der Waals surface area contributed by atoms with Crippen molar-refractivity contribution in [2.75, 3.05) is 0 Å². The van der Waals surface area contributed by atoms with E-state index in [-0.39, 0.29) is 11.9 Å². The van der Waals surface area contributed by atoms with Crippen LogP contribution >= 0.6 is 11.3 Å². The zero-order chi connectivity index (χ0) is 11.4. The number of nitrogens with zero attached hydrogens (tertiary/aromatic N) is 1. The van der Waals surface area contributed by atoms with Crippen LogP contribution < -0.4 is 5.32 Å². The minimum absolute atomic E-state index is 0.198. The first-order chi connectivity index (χ1) is 7.75. The van der Waals surface area contributed by atoms with E-state index in [9.17, 15) is 4.39 Å². The average Bonchev–Trinajstić information content (AvgIpc) is 2.81. The fraction of sp³-hybridized carbons (Fsp3) is 0.250. The Morgan fingerprint density at radius 1 is 1.38 bits per heavy atom. The maximum Gasteiger partial charge on any atom is 0.123 e. The van der Waals surface area contributed by atoms with Gasteiger partial charge in [0.2, 0.25) is 0 Å². The zero-order valence-corrected chi connectivity index (χ0v) is 9.80. The van der Waals surface area contributed by atoms with Crippen LogP contribution in [0.4, 0.5) is 4.39 Å². The van der Waals surface area contributed by atoms with E-state index in [0.29, 0.717) is 0 Å². The highest BCUT2D eigenvalue weighted by molar-refractivity contribution is 7.07. The standard InChI is InChI=1S/C12H13FN2S/c1-9(12-7-16-8-15-12)14-6-10-2-4-11(13)5-3-10/h2-5,7-9,14H,6H2,1H3. The van der Waals surface area contributed by atoms with Crippen molar-refractivity contribution in [1.82, 2.24) is 10.3 Å². The lowest BCUT2D eigenvalue weighted by Gasteiger charge is -2.11. The zero-order valence-electron chi connectivity index (χ0n) is 8.98. The summed E-state index contributed by atoms with van der Waals surface area (Å²) in [6.07, 6.45) is 0. The third kappa shape index (κ3) is 2.87. The number of benzene rings is 1. The molecule has 4 heteroatoms. The highest BCUT2D eigenvalue weighted by Gasteiger charge is 2.06. The van der Waals surface area contributed by atoms with E-state index in [0.717, 1.165) is 17.8 Å². The minimum atomic E-state index is -0.198. The maximum absolute atomic E-state index is 12.7. The Morgan fingerprint density at radius 2 is 2.12 bits per heavy atom. The molecular formula is C12H13FN2S. The molecule has 16 heavy (non-hydrogen) atoms. The van der Waals surface area contributed by atoms with E-state index >= 15 is 0 Å². The molecule has 2 rings (SSSR count). The molecule has 1 aromatic heterocycles. The molecule has 0 radical (unpaired) electrons. The molecule has 0 spiro atoms. The van der Waals surface area contributed by atoms with Crippen molar-refractivity contribution >= 4 is 11.3 Å². The SMILES string of the molecule is CC(NCc1ccc(F)cc1)c1cscn1. The lowest BCUT2D eigenvalue weighted by molar-refractivity contribution is 0.562. The summed E-state index contributed by atoms with van der Waals surface area (Å²) in [4.78, 5) is 4.24. The highest BCUT2D eigenvalue weighted by atomic mass is 32.1. The molecule has 0 saturated carbocycles. The van der Waals surface area contributed by atoms with Crippen LogP contribution in [0.2, 0.25) is 0 Å². The number of halogens is 1. The molecule has 0 aliphatic carbocycles. The molecule has 0 amide bonds. The van der Waals surface area contributed by atoms with Gasteiger partial charge in [-0.1, -0.05) is 12.1 Å². The molecule has 2 nitrogen and oxygen atoms in total. The summed E-state index contributed by atoms with van der Waals surface area (Å²) in [5, 5.41) is 5.37. The monoisotopic (exact) mass is 236 g/mol. The number of thiazole rings is 1. The highest BCUT2D eigenvalue weighted by Crippen LogP contribution is 2.12. The van der Waals surface area contributed by atoms with Crippen LogP contribution in [-0.4, -0.2) is 4.98 Å². The van der Waals surface area contributed by atoms with Crippen LogP contribution in [-0.2, 0) is 6.54 Å². The van der Waals surface area contributed by atoms with Gasteiger partial charge in [0.1, 0.15) is 5.82 Å². The summed E-state index contributed by atoms with van der Waals surface area (Å²) in [6, 6.07) is 6.75. The Hall–Kier alpha value is -1.26. The summed E-state index contributed by atoms with van der Waals surface area (Å²) in [7, 11) is 0. The van der Waals surface area contributed by atoms with Crippen LogP contribution in [0.25, 0.3) is 0 Å². The summed E-state index contributed by atoms with van der Waals surface area (Å²) in [5.74, 6) is -0.198. The van der Waals surface area contributed by atoms with E-state index in [1.165, 1.54) is 12.1 Å². The van der Waals surface area contributed by atoms with E-state index in [4.69, 9.17) is 0 Å². The van der Waals surface area contributed by atoms with E-state index < -0.39 is 0 Å². The van der Waals surface area contributed by atoms with Crippen molar-refractivity contribution in [3.8, 4) is 0 Å². The van der Waals surface area contributed by atoms with E-state index in [2.05, 4.69) is 17.2 Å². The van der Waals surface area contributed by atoms with Gasteiger partial charge in [-0.3, -0.25) is 0 Å². The first kappa shape index (κ1) is 11.2. The molecule has 1 unspecified atom stereocenters. The molecule has 1 aromatic carbocycles. The largest absolute Gasteiger partial charge is 0.305 e. The summed E-state index contributed by atoms with van der Waals surface area (Å²) >= 11 is 1.59. The predicted molar refractivity (Wildman–Crippen MR) is 63.8 cm³/mol. The number of hydrogen-bond acceptors (Lipinski definition) is 3. The molecule has 1 N–H and O–H groups in total. The van der Waals surface area contributed by atoms with Crippen molar-refractivity contribution in [1.29, 1.82) is 0 Å². The lowest BCUT2D eigenvalue weighted by Crippen LogP contribution is -2.18. The Balaban J connectivity index is 1.90. The van der Waals surface area contributed by atoms with Gasteiger partial charge in [0, 0.05) is 18.0 Å². The molecule has 0 saturated heterocycles. The summed E-state index contributed by atoms with van der Waals surface area (Å²) in [5.41, 5.74) is 3.95. The molecule has 0 fully saturated rings. The molecular weight excluding hydrogens is 223 g/mol. The topological polar surface area (TPSA) is 24.9 Å². The first-order valence-electron chi connectivity index (χ1n) is 5.11. The second kappa shape index (κ2) is 5.18. The molecule has 0 aliphatic rings. The Kier molecular flexibility index (Phi) is 3.64. The van der Waals surface area contributed by atoms with Gasteiger partial charge in [-0.15, -0.1) is 11.3 Å². The first-order valence-corrected chi connectivity index (χ1v) is 6.06. The quantitative estimate of drug-likeness (QED) is 0.882. The van der Waals surface area contributed by atoms with Crippen molar-refractivity contribution in [3.05, 3.63) is 52.2 Å². The third-order valence-electron chi connectivity index (χ3n) is 2.42. The minimum Gasteiger partial charge on any atom is -0.305 e. The van der Waals surface area contributed by atoms with E-state index in [1.54, 1.807) is 23.5 Å². The number of rotatable bonds is 4. The predicted octanol–water partition coefficient (Wildman–Crippen LogP) is 3.13. The van der Waals surface area contributed by atoms with Gasteiger partial charge in [-0.05, 0) is 24.6 Å². The smallest absolute Gasteiger partial charge is 0.123 e. The second-order valence-corrected chi connectivity index (χ2v) is 4.36. The van der Waals surface area contributed by atoms with Crippen molar-refractivity contribution in [3.63, 3.8) is 0 Å². The van der Waals surface area contributed by atoms with Gasteiger partial charge in [0.25, 0.3) is 0 Å². The van der Waals surface area contributed by atoms with Crippen LogP contribution in [0.15, 0.2) is 35.2 Å². The lowest BCUT2D eigenvalue weighted by atomic mass is 10.2. The van der Waals surface area contributed by atoms with Gasteiger partial charge in [-0.25, -0.2) is 9.37 Å². The second-order valence-electron chi connectivity index (χ2n) is 3.64. The van der Waals surface area contributed by atoms with Gasteiger partial charge in [-0.2, -0.15) is 0 Å². The van der Waals surface area contributed by atoms with Crippen molar-refractivity contribution in [2.24, 2.45) is 0 Å². The average molecular weight is 236 g/mol. The van der Waals surface area contributed by atoms with Crippen LogP contribution in [0.5, 0.6) is 0 Å². The molecule has 0 bridgehead atoms. The molecule has 0 aliphatic heterocycles. The molecule has 2 aromatic rings. The fourth-order valence-corrected chi connectivity index (χ4v) is 2.06. The Labute approximate surface area is 98.2 Å². The number of hydrogen-bond donors (Lipinski definition) is 1. The van der Waals surface area contributed by atoms with Gasteiger partial charge in [0.05, 0.1) is 11.2 Å². The summed E-state index contributed by atoms with van der Waals surface area (Å²) in [6.45, 7) is 2.79. The van der Waals surface area contributed by atoms with Crippen LogP contribution in [0.1, 0.15) is 24.2 Å². The van der Waals surface area contributed by atoms with Crippen molar-refractivity contribution < 1.29 is 4.39 Å². The van der Waals surface area contributed by atoms with Crippen LogP contribution in [0.3, 0.4) is 0 Å². The van der Waals surface area contributed by atoms with Gasteiger partial charge < -0.3 is 5.32 Å². The van der Waals surface area contributed by atoms with Gasteiger partial charge >= 0.3 is 0 Å². The maximum atomic E-state index is 12.7. The summed E-state index contributed by atoms with van der Waals surface area (Å²) < 4.78 is 12.7. The third-order valence-corrected chi connectivity index (χ3v) is 3.03. The van der Waals surface area contributed by atoms with Gasteiger partial charge in [0.15, 0.2) is 0 Å². The Bertz CT molecular complexity index is 425.